The molecule has 2 nitrogen and oxygen atoms in total. The molecular weight excluding hydrogens is 150 g/mol. The Morgan fingerprint density at radius 2 is 2.25 bits per heavy atom. The van der Waals surface area contributed by atoms with Crippen LogP contribution in [0.3, 0.4) is 0 Å². The molecule has 0 aromatic heterocycles. The molecule has 0 aromatic carbocycles. The molecule has 2 atom stereocenters. The Hall–Kier alpha value is -0.530. The van der Waals surface area contributed by atoms with E-state index in [1.807, 2.05) is 6.92 Å². The Balaban J connectivity index is 2.45. The molecule has 1 saturated carbocycles. The van der Waals surface area contributed by atoms with Crippen LogP contribution in [0, 0.1) is 17.3 Å². The van der Waals surface area contributed by atoms with Gasteiger partial charge in [0.05, 0.1) is 0 Å². The molecule has 2 unspecified atom stereocenters. The summed E-state index contributed by atoms with van der Waals surface area (Å²) >= 11 is 0. The van der Waals surface area contributed by atoms with E-state index in [-0.39, 0.29) is 17.2 Å². The minimum Gasteiger partial charge on any atom is -0.356 e. The van der Waals surface area contributed by atoms with Gasteiger partial charge < -0.3 is 5.32 Å². The van der Waals surface area contributed by atoms with Crippen molar-refractivity contribution in [3.05, 3.63) is 0 Å². The second-order valence-electron chi connectivity index (χ2n) is 4.31. The van der Waals surface area contributed by atoms with Gasteiger partial charge in [-0.05, 0) is 24.7 Å². The van der Waals surface area contributed by atoms with Crippen LogP contribution in [0.15, 0.2) is 0 Å². The first kappa shape index (κ1) is 9.56. The molecule has 0 aliphatic heterocycles. The lowest BCUT2D eigenvalue weighted by atomic mass is 9.92. The molecule has 1 fully saturated rings. The molecule has 1 rings (SSSR count). The van der Waals surface area contributed by atoms with Gasteiger partial charge in [-0.2, -0.15) is 0 Å². The third-order valence-electron chi connectivity index (χ3n) is 3.27. The summed E-state index contributed by atoms with van der Waals surface area (Å²) in [5.41, 5.74) is 0.277. The molecule has 0 heterocycles. The van der Waals surface area contributed by atoms with Crippen molar-refractivity contribution in [3.8, 4) is 0 Å². The van der Waals surface area contributed by atoms with E-state index in [2.05, 4.69) is 26.1 Å². The molecule has 0 saturated heterocycles. The Morgan fingerprint density at radius 1 is 1.67 bits per heavy atom. The number of carbonyl (C=O) groups is 1. The van der Waals surface area contributed by atoms with Gasteiger partial charge in [0.2, 0.25) is 5.91 Å². The van der Waals surface area contributed by atoms with Gasteiger partial charge in [0, 0.05) is 12.5 Å². The van der Waals surface area contributed by atoms with Gasteiger partial charge in [0.1, 0.15) is 0 Å². The average molecular weight is 169 g/mol. The molecule has 1 N–H and O–H groups in total. The summed E-state index contributed by atoms with van der Waals surface area (Å²) in [7, 11) is 0. The third kappa shape index (κ3) is 1.47. The minimum absolute atomic E-state index is 0.244. The average Bonchev–Trinajstić information content (AvgIpc) is 2.65. The van der Waals surface area contributed by atoms with Crippen LogP contribution in [0.25, 0.3) is 0 Å². The molecule has 1 aliphatic carbocycles. The Morgan fingerprint density at radius 3 is 2.58 bits per heavy atom. The molecule has 0 spiro atoms. The maximum atomic E-state index is 11.4. The van der Waals surface area contributed by atoms with E-state index in [4.69, 9.17) is 0 Å². The number of nitrogens with one attached hydrogen (secondary N) is 1. The first-order chi connectivity index (χ1) is 5.52. The molecule has 0 aromatic rings. The number of carbonyl (C=O) groups excluding carboxylic acids is 1. The van der Waals surface area contributed by atoms with Crippen LogP contribution in [0.2, 0.25) is 0 Å². The number of rotatable bonds is 3. The van der Waals surface area contributed by atoms with E-state index in [0.717, 1.165) is 13.0 Å². The summed E-state index contributed by atoms with van der Waals surface area (Å²) in [6, 6.07) is 0. The van der Waals surface area contributed by atoms with Crippen molar-refractivity contribution in [2.75, 3.05) is 6.54 Å². The molecule has 1 amide bonds. The van der Waals surface area contributed by atoms with E-state index in [9.17, 15) is 4.79 Å². The van der Waals surface area contributed by atoms with E-state index >= 15 is 0 Å². The van der Waals surface area contributed by atoms with Crippen LogP contribution < -0.4 is 5.32 Å². The van der Waals surface area contributed by atoms with E-state index in [0.29, 0.717) is 5.92 Å². The first-order valence-corrected chi connectivity index (χ1v) is 4.80. The summed E-state index contributed by atoms with van der Waals surface area (Å²) in [6.07, 6.45) is 1.07. The van der Waals surface area contributed by atoms with Gasteiger partial charge in [-0.1, -0.05) is 20.8 Å². The third-order valence-corrected chi connectivity index (χ3v) is 3.27. The molecule has 70 valence electrons. The van der Waals surface area contributed by atoms with Gasteiger partial charge in [0.25, 0.3) is 0 Å². The summed E-state index contributed by atoms with van der Waals surface area (Å²) in [5, 5.41) is 2.88. The predicted molar refractivity (Wildman–Crippen MR) is 49.7 cm³/mol. The SMILES string of the molecule is CCNC(=O)C1CC1(C)C(C)C. The van der Waals surface area contributed by atoms with Crippen LogP contribution >= 0.6 is 0 Å². The fourth-order valence-corrected chi connectivity index (χ4v) is 1.71. The fourth-order valence-electron chi connectivity index (χ4n) is 1.71. The zero-order chi connectivity index (χ0) is 9.35. The standard InChI is InChI=1S/C10H19NO/c1-5-11-9(12)8-6-10(8,4)7(2)3/h7-8H,5-6H2,1-4H3,(H,11,12). The fraction of sp³-hybridized carbons (Fsp3) is 0.900. The van der Waals surface area contributed by atoms with Gasteiger partial charge in [-0.15, -0.1) is 0 Å². The van der Waals surface area contributed by atoms with Crippen molar-refractivity contribution in [1.82, 2.24) is 5.32 Å². The lowest BCUT2D eigenvalue weighted by Gasteiger charge is -2.14. The van der Waals surface area contributed by atoms with E-state index in [1.165, 1.54) is 0 Å². The highest BCUT2D eigenvalue weighted by molar-refractivity contribution is 5.82. The van der Waals surface area contributed by atoms with Gasteiger partial charge in [0.15, 0.2) is 0 Å². The van der Waals surface area contributed by atoms with Crippen molar-refractivity contribution in [2.45, 2.75) is 34.1 Å². The summed E-state index contributed by atoms with van der Waals surface area (Å²) in [4.78, 5) is 11.4. The maximum absolute atomic E-state index is 11.4. The lowest BCUT2D eigenvalue weighted by molar-refractivity contribution is -0.123. The van der Waals surface area contributed by atoms with Crippen LogP contribution in [-0.4, -0.2) is 12.5 Å². The van der Waals surface area contributed by atoms with Crippen LogP contribution in [0.4, 0.5) is 0 Å². The molecule has 0 bridgehead atoms. The van der Waals surface area contributed by atoms with Crippen molar-refractivity contribution in [3.63, 3.8) is 0 Å². The van der Waals surface area contributed by atoms with Crippen LogP contribution in [0.5, 0.6) is 0 Å². The highest BCUT2D eigenvalue weighted by Gasteiger charge is 2.55. The zero-order valence-electron chi connectivity index (χ0n) is 8.48. The molecule has 1 aliphatic rings. The quantitative estimate of drug-likeness (QED) is 0.686. The summed E-state index contributed by atoms with van der Waals surface area (Å²) in [5.74, 6) is 1.14. The highest BCUT2D eigenvalue weighted by atomic mass is 16.2. The topological polar surface area (TPSA) is 29.1 Å². The Kier molecular flexibility index (Phi) is 2.45. The lowest BCUT2D eigenvalue weighted by Crippen LogP contribution is -2.27. The molecule has 0 radical (unpaired) electrons. The van der Waals surface area contributed by atoms with E-state index in [1.54, 1.807) is 0 Å². The molecular formula is C10H19NO. The van der Waals surface area contributed by atoms with E-state index < -0.39 is 0 Å². The zero-order valence-corrected chi connectivity index (χ0v) is 8.48. The van der Waals surface area contributed by atoms with Crippen LogP contribution in [-0.2, 0) is 4.79 Å². The molecule has 12 heavy (non-hydrogen) atoms. The van der Waals surface area contributed by atoms with Crippen molar-refractivity contribution < 1.29 is 4.79 Å². The van der Waals surface area contributed by atoms with Crippen molar-refractivity contribution in [1.29, 1.82) is 0 Å². The summed E-state index contributed by atoms with van der Waals surface area (Å²) in [6.45, 7) is 9.31. The second-order valence-corrected chi connectivity index (χ2v) is 4.31. The normalized spacial score (nSPS) is 33.6. The smallest absolute Gasteiger partial charge is 0.223 e. The van der Waals surface area contributed by atoms with Crippen molar-refractivity contribution >= 4 is 5.91 Å². The van der Waals surface area contributed by atoms with Gasteiger partial charge in [-0.25, -0.2) is 0 Å². The Bertz CT molecular complexity index is 188. The minimum atomic E-state index is 0.244. The molecule has 2 heteroatoms. The Labute approximate surface area is 74.7 Å². The number of amides is 1. The summed E-state index contributed by atoms with van der Waals surface area (Å²) < 4.78 is 0. The largest absolute Gasteiger partial charge is 0.356 e. The van der Waals surface area contributed by atoms with Crippen molar-refractivity contribution in [2.24, 2.45) is 17.3 Å². The van der Waals surface area contributed by atoms with Gasteiger partial charge in [-0.3, -0.25) is 4.79 Å². The monoisotopic (exact) mass is 169 g/mol. The first-order valence-electron chi connectivity index (χ1n) is 4.80. The number of hydrogen-bond donors (Lipinski definition) is 1. The van der Waals surface area contributed by atoms with Crippen LogP contribution in [0.1, 0.15) is 34.1 Å². The van der Waals surface area contributed by atoms with Gasteiger partial charge >= 0.3 is 0 Å². The predicted octanol–water partition coefficient (Wildman–Crippen LogP) is 1.80. The second kappa shape index (κ2) is 3.08. The number of hydrogen-bond acceptors (Lipinski definition) is 1. The maximum Gasteiger partial charge on any atom is 0.223 e. The highest BCUT2D eigenvalue weighted by Crippen LogP contribution is 2.57.